The molecule has 0 atom stereocenters. The smallest absolute Gasteiger partial charge is 0.338 e. The lowest BCUT2D eigenvalue weighted by Crippen LogP contribution is -2.06. The first-order valence-corrected chi connectivity index (χ1v) is 8.75. The first kappa shape index (κ1) is 20.8. The Morgan fingerprint density at radius 3 is 2.32 bits per heavy atom. The Kier molecular flexibility index (Phi) is 10.1. The van der Waals surface area contributed by atoms with E-state index in [9.17, 15) is 9.59 Å². The molecule has 25 heavy (non-hydrogen) atoms. The van der Waals surface area contributed by atoms with Gasteiger partial charge in [0.25, 0.3) is 0 Å². The van der Waals surface area contributed by atoms with E-state index in [-0.39, 0.29) is 11.9 Å². The highest BCUT2D eigenvalue weighted by Crippen LogP contribution is 2.28. The minimum atomic E-state index is -0.381. The number of esters is 2. The van der Waals surface area contributed by atoms with Crippen molar-refractivity contribution in [3.63, 3.8) is 0 Å². The minimum Gasteiger partial charge on any atom is -0.493 e. The average Bonchev–Trinajstić information content (AvgIpc) is 2.61. The monoisotopic (exact) mass is 352 g/mol. The number of hydrogen-bond donors (Lipinski definition) is 0. The summed E-state index contributed by atoms with van der Waals surface area (Å²) in [7, 11) is 1.53. The molecule has 1 aromatic carbocycles. The first-order chi connectivity index (χ1) is 12.1. The zero-order chi connectivity index (χ0) is 18.5. The van der Waals surface area contributed by atoms with Gasteiger partial charge in [0, 0.05) is 6.42 Å². The van der Waals surface area contributed by atoms with E-state index in [0.717, 1.165) is 25.7 Å². The maximum Gasteiger partial charge on any atom is 0.338 e. The molecule has 0 heterocycles. The molecule has 0 N–H and O–H groups in total. The number of unbranched alkanes of at least 4 members (excludes halogenated alkanes) is 3. The predicted octanol–water partition coefficient (Wildman–Crippen LogP) is 3.76. The van der Waals surface area contributed by atoms with Crippen LogP contribution >= 0.6 is 0 Å². The van der Waals surface area contributed by atoms with E-state index in [1.54, 1.807) is 25.1 Å². The lowest BCUT2D eigenvalue weighted by molar-refractivity contribution is -0.143. The van der Waals surface area contributed by atoms with E-state index in [2.05, 4.69) is 0 Å². The van der Waals surface area contributed by atoms with Crippen LogP contribution in [0.25, 0.3) is 0 Å². The molecule has 0 spiro atoms. The molecule has 0 bridgehead atoms. The molecule has 0 amide bonds. The van der Waals surface area contributed by atoms with Crippen LogP contribution in [0.1, 0.15) is 56.3 Å². The molecule has 6 heteroatoms. The molecule has 140 valence electrons. The van der Waals surface area contributed by atoms with Gasteiger partial charge in [-0.25, -0.2) is 4.79 Å². The van der Waals surface area contributed by atoms with E-state index < -0.39 is 0 Å². The van der Waals surface area contributed by atoms with Crippen LogP contribution in [0.2, 0.25) is 0 Å². The van der Waals surface area contributed by atoms with Crippen LogP contribution in [-0.4, -0.2) is 38.9 Å². The number of hydrogen-bond acceptors (Lipinski definition) is 6. The summed E-state index contributed by atoms with van der Waals surface area (Å²) >= 11 is 0. The number of methoxy groups -OCH3 is 1. The van der Waals surface area contributed by atoms with Crippen molar-refractivity contribution >= 4 is 11.9 Å². The summed E-state index contributed by atoms with van der Waals surface area (Å²) in [5.74, 6) is 0.592. The second-order valence-corrected chi connectivity index (χ2v) is 5.40. The van der Waals surface area contributed by atoms with Crippen molar-refractivity contribution in [3.05, 3.63) is 23.8 Å². The molecule has 6 nitrogen and oxygen atoms in total. The molecule has 1 rings (SSSR count). The average molecular weight is 352 g/mol. The third kappa shape index (κ3) is 7.92. The van der Waals surface area contributed by atoms with E-state index in [0.29, 0.717) is 43.3 Å². The molecule has 0 aliphatic heterocycles. The number of ether oxygens (including phenoxy) is 4. The van der Waals surface area contributed by atoms with Crippen LogP contribution in [0.3, 0.4) is 0 Å². The van der Waals surface area contributed by atoms with Gasteiger partial charge in [0.15, 0.2) is 11.5 Å². The van der Waals surface area contributed by atoms with E-state index in [4.69, 9.17) is 18.9 Å². The summed E-state index contributed by atoms with van der Waals surface area (Å²) in [6.07, 6.45) is 4.11. The number of benzene rings is 1. The van der Waals surface area contributed by atoms with Crippen molar-refractivity contribution in [1.29, 1.82) is 0 Å². The highest BCUT2D eigenvalue weighted by Gasteiger charge is 2.11. The van der Waals surface area contributed by atoms with E-state index in [1.165, 1.54) is 7.11 Å². The van der Waals surface area contributed by atoms with Gasteiger partial charge < -0.3 is 18.9 Å². The second-order valence-electron chi connectivity index (χ2n) is 5.40. The fourth-order valence-corrected chi connectivity index (χ4v) is 2.27. The zero-order valence-corrected chi connectivity index (χ0v) is 15.3. The zero-order valence-electron chi connectivity index (χ0n) is 15.3. The minimum absolute atomic E-state index is 0.134. The van der Waals surface area contributed by atoms with Crippen LogP contribution in [0, 0.1) is 0 Å². The second kappa shape index (κ2) is 12.2. The summed E-state index contributed by atoms with van der Waals surface area (Å²) in [6.45, 7) is 4.88. The molecule has 0 aliphatic carbocycles. The molecule has 0 saturated carbocycles. The van der Waals surface area contributed by atoms with Gasteiger partial charge in [0.05, 0.1) is 32.5 Å². The Hall–Kier alpha value is -2.24. The number of carbonyl (C=O) groups excluding carboxylic acids is 2. The van der Waals surface area contributed by atoms with E-state index >= 15 is 0 Å². The lowest BCUT2D eigenvalue weighted by Gasteiger charge is -2.12. The SMILES string of the molecule is CCOC(=O)CCCCCCOc1ccc(C(=O)OCC)cc1OC. The molecule has 0 saturated heterocycles. The third-order valence-electron chi connectivity index (χ3n) is 3.51. The van der Waals surface area contributed by atoms with Gasteiger partial charge in [-0.3, -0.25) is 4.79 Å². The van der Waals surface area contributed by atoms with Gasteiger partial charge in [-0.2, -0.15) is 0 Å². The highest BCUT2D eigenvalue weighted by atomic mass is 16.5. The summed E-state index contributed by atoms with van der Waals surface area (Å²) in [4.78, 5) is 22.9. The number of carbonyl (C=O) groups is 2. The molecule has 0 aromatic heterocycles. The summed E-state index contributed by atoms with van der Waals surface area (Å²) in [6, 6.07) is 4.99. The Morgan fingerprint density at radius 2 is 1.64 bits per heavy atom. The third-order valence-corrected chi connectivity index (χ3v) is 3.51. The van der Waals surface area contributed by atoms with Crippen LogP contribution in [0.15, 0.2) is 18.2 Å². The predicted molar refractivity (Wildman–Crippen MR) is 94.2 cm³/mol. The van der Waals surface area contributed by atoms with Crippen molar-refractivity contribution in [1.82, 2.24) is 0 Å². The Balaban J connectivity index is 2.32. The maximum absolute atomic E-state index is 11.7. The van der Waals surface area contributed by atoms with Crippen LogP contribution in [0.4, 0.5) is 0 Å². The van der Waals surface area contributed by atoms with Crippen molar-refractivity contribution < 1.29 is 28.5 Å². The molecule has 0 fully saturated rings. The van der Waals surface area contributed by atoms with Gasteiger partial charge >= 0.3 is 11.9 Å². The summed E-state index contributed by atoms with van der Waals surface area (Å²) in [5.41, 5.74) is 0.435. The fraction of sp³-hybridized carbons (Fsp3) is 0.579. The van der Waals surface area contributed by atoms with Gasteiger partial charge in [0.2, 0.25) is 0 Å². The van der Waals surface area contributed by atoms with Crippen LogP contribution in [0.5, 0.6) is 11.5 Å². The highest BCUT2D eigenvalue weighted by molar-refractivity contribution is 5.90. The first-order valence-electron chi connectivity index (χ1n) is 8.75. The van der Waals surface area contributed by atoms with Crippen LogP contribution in [-0.2, 0) is 14.3 Å². The Labute approximate surface area is 149 Å². The Morgan fingerprint density at radius 1 is 0.920 bits per heavy atom. The maximum atomic E-state index is 11.7. The summed E-state index contributed by atoms with van der Waals surface area (Å²) in [5, 5.41) is 0. The van der Waals surface area contributed by atoms with Crippen LogP contribution < -0.4 is 9.47 Å². The normalized spacial score (nSPS) is 10.2. The largest absolute Gasteiger partial charge is 0.493 e. The summed E-state index contributed by atoms with van der Waals surface area (Å²) < 4.78 is 20.8. The molecular formula is C19H28O6. The van der Waals surface area contributed by atoms with Gasteiger partial charge in [0.1, 0.15) is 0 Å². The fourth-order valence-electron chi connectivity index (χ4n) is 2.27. The van der Waals surface area contributed by atoms with Crippen molar-refractivity contribution in [3.8, 4) is 11.5 Å². The van der Waals surface area contributed by atoms with E-state index in [1.807, 2.05) is 6.92 Å². The number of rotatable bonds is 12. The van der Waals surface area contributed by atoms with Gasteiger partial charge in [-0.15, -0.1) is 0 Å². The van der Waals surface area contributed by atoms with Crippen molar-refractivity contribution in [2.45, 2.75) is 46.0 Å². The quantitative estimate of drug-likeness (QED) is 0.421. The molecule has 0 aliphatic rings. The molecule has 1 aromatic rings. The molecule has 0 radical (unpaired) electrons. The molecular weight excluding hydrogens is 324 g/mol. The van der Waals surface area contributed by atoms with Crippen molar-refractivity contribution in [2.75, 3.05) is 26.9 Å². The molecule has 0 unspecified atom stereocenters. The topological polar surface area (TPSA) is 71.1 Å². The van der Waals surface area contributed by atoms with Gasteiger partial charge in [-0.1, -0.05) is 12.8 Å². The standard InChI is InChI=1S/C19H28O6/c1-4-23-18(20)10-8-6-7-9-13-25-16-12-11-15(14-17(16)22-3)19(21)24-5-2/h11-12,14H,4-10,13H2,1-3H3. The Bertz CT molecular complexity index is 541. The van der Waals surface area contributed by atoms with Gasteiger partial charge in [-0.05, 0) is 44.9 Å². The van der Waals surface area contributed by atoms with Crippen molar-refractivity contribution in [2.24, 2.45) is 0 Å². The lowest BCUT2D eigenvalue weighted by atomic mass is 10.1.